The van der Waals surface area contributed by atoms with Crippen molar-refractivity contribution >= 4 is 0 Å². The summed E-state index contributed by atoms with van der Waals surface area (Å²) in [4.78, 5) is 0. The van der Waals surface area contributed by atoms with Crippen LogP contribution in [0.3, 0.4) is 0 Å². The van der Waals surface area contributed by atoms with Gasteiger partial charge in [-0.1, -0.05) is 26.7 Å². The van der Waals surface area contributed by atoms with E-state index in [-0.39, 0.29) is 6.10 Å². The van der Waals surface area contributed by atoms with Crippen LogP contribution in [0.4, 0.5) is 0 Å². The summed E-state index contributed by atoms with van der Waals surface area (Å²) in [5, 5.41) is 20.2. The van der Waals surface area contributed by atoms with Crippen LogP contribution in [-0.2, 0) is 0 Å². The summed E-state index contributed by atoms with van der Waals surface area (Å²) in [6.07, 6.45) is 15.3. The highest BCUT2D eigenvalue weighted by Crippen LogP contribution is 2.65. The van der Waals surface area contributed by atoms with E-state index in [2.05, 4.69) is 20.8 Å². The van der Waals surface area contributed by atoms with E-state index in [1.54, 1.807) is 0 Å². The molecule has 4 aliphatic rings. The van der Waals surface area contributed by atoms with Crippen molar-refractivity contribution in [1.82, 2.24) is 0 Å². The maximum absolute atomic E-state index is 10.6. The minimum atomic E-state index is -0.392. The maximum atomic E-state index is 10.6. The first kappa shape index (κ1) is 21.2. The van der Waals surface area contributed by atoms with Crippen LogP contribution >= 0.6 is 0 Å². The van der Waals surface area contributed by atoms with Gasteiger partial charge in [0.1, 0.15) is 0 Å². The van der Waals surface area contributed by atoms with Crippen LogP contribution in [0, 0.1) is 46.8 Å². The third-order valence-corrected chi connectivity index (χ3v) is 10.3. The normalized spacial score (nSPS) is 50.4. The zero-order valence-corrected chi connectivity index (χ0v) is 19.0. The minimum Gasteiger partial charge on any atom is -0.393 e. The molecule has 0 spiro atoms. The van der Waals surface area contributed by atoms with Gasteiger partial charge in [0, 0.05) is 0 Å². The van der Waals surface area contributed by atoms with E-state index in [4.69, 9.17) is 0 Å². The Bertz CT molecular complexity index is 541. The summed E-state index contributed by atoms with van der Waals surface area (Å²) in [7, 11) is 0. The van der Waals surface area contributed by atoms with Gasteiger partial charge in [0.25, 0.3) is 0 Å². The van der Waals surface area contributed by atoms with E-state index < -0.39 is 5.60 Å². The van der Waals surface area contributed by atoms with Gasteiger partial charge in [-0.05, 0) is 125 Å². The number of fused-ring (bicyclic) bond motifs is 5. The van der Waals surface area contributed by atoms with Crippen molar-refractivity contribution in [3.63, 3.8) is 0 Å². The van der Waals surface area contributed by atoms with Gasteiger partial charge in [0.05, 0.1) is 11.7 Å². The number of aliphatic hydroxyl groups is 2. The second-order valence-electron chi connectivity index (χ2n) is 12.2. The zero-order valence-electron chi connectivity index (χ0n) is 19.0. The van der Waals surface area contributed by atoms with E-state index in [9.17, 15) is 10.2 Å². The minimum absolute atomic E-state index is 0.138. The summed E-state index contributed by atoms with van der Waals surface area (Å²) >= 11 is 0. The molecule has 0 unspecified atom stereocenters. The molecule has 0 radical (unpaired) electrons. The summed E-state index contributed by atoms with van der Waals surface area (Å²) in [5.41, 5.74) is 0.176. The van der Waals surface area contributed by atoms with Crippen LogP contribution in [0.15, 0.2) is 0 Å². The molecule has 0 bridgehead atoms. The molecule has 4 saturated carbocycles. The first-order valence-corrected chi connectivity index (χ1v) is 12.6. The molecule has 0 aromatic carbocycles. The number of hydrogen-bond donors (Lipinski definition) is 2. The molecule has 162 valence electrons. The first-order chi connectivity index (χ1) is 13.2. The number of rotatable bonds is 5. The highest BCUT2D eigenvalue weighted by molar-refractivity contribution is 5.07. The van der Waals surface area contributed by atoms with E-state index in [0.717, 1.165) is 60.7 Å². The molecule has 4 fully saturated rings. The Hall–Kier alpha value is -0.0800. The van der Waals surface area contributed by atoms with Gasteiger partial charge in [-0.25, -0.2) is 0 Å². The van der Waals surface area contributed by atoms with Crippen LogP contribution in [0.25, 0.3) is 0 Å². The lowest BCUT2D eigenvalue weighted by atomic mass is 9.48. The van der Waals surface area contributed by atoms with Crippen molar-refractivity contribution in [3.8, 4) is 0 Å². The fourth-order valence-electron chi connectivity index (χ4n) is 8.99. The van der Waals surface area contributed by atoms with E-state index in [1.807, 2.05) is 6.92 Å². The lowest BCUT2D eigenvalue weighted by Crippen LogP contribution is -2.50. The highest BCUT2D eigenvalue weighted by Gasteiger charge is 2.58. The molecule has 10 atom stereocenters. The Morgan fingerprint density at radius 3 is 2.36 bits per heavy atom. The third kappa shape index (κ3) is 3.82. The van der Waals surface area contributed by atoms with Gasteiger partial charge >= 0.3 is 0 Å². The molecule has 0 saturated heterocycles. The molecule has 4 rings (SSSR count). The zero-order chi connectivity index (χ0) is 20.1. The summed E-state index contributed by atoms with van der Waals surface area (Å²) < 4.78 is 0. The third-order valence-electron chi connectivity index (χ3n) is 10.3. The van der Waals surface area contributed by atoms with E-state index >= 15 is 0 Å². The van der Waals surface area contributed by atoms with Crippen LogP contribution in [-0.4, -0.2) is 21.9 Å². The molecule has 0 aromatic heterocycles. The van der Waals surface area contributed by atoms with Crippen molar-refractivity contribution < 1.29 is 10.2 Å². The van der Waals surface area contributed by atoms with Crippen molar-refractivity contribution in [1.29, 1.82) is 0 Å². The second kappa shape index (κ2) is 7.88. The number of aliphatic hydroxyl groups excluding tert-OH is 1. The average Bonchev–Trinajstić information content (AvgIpc) is 2.97. The van der Waals surface area contributed by atoms with Gasteiger partial charge in [-0.2, -0.15) is 0 Å². The summed E-state index contributed by atoms with van der Waals surface area (Å²) in [6, 6.07) is 0. The van der Waals surface area contributed by atoms with E-state index in [1.165, 1.54) is 57.8 Å². The van der Waals surface area contributed by atoms with Crippen molar-refractivity contribution in [3.05, 3.63) is 0 Å². The predicted molar refractivity (Wildman–Crippen MR) is 116 cm³/mol. The fourth-order valence-corrected chi connectivity index (χ4v) is 8.99. The summed E-state index contributed by atoms with van der Waals surface area (Å²) in [6.45, 7) is 9.18. The van der Waals surface area contributed by atoms with Crippen LogP contribution in [0.5, 0.6) is 0 Å². The molecule has 0 heterocycles. The molecule has 2 nitrogen and oxygen atoms in total. The van der Waals surface area contributed by atoms with Gasteiger partial charge in [0.15, 0.2) is 0 Å². The van der Waals surface area contributed by atoms with Crippen LogP contribution in [0.2, 0.25) is 0 Å². The Morgan fingerprint density at radius 2 is 1.61 bits per heavy atom. The molecule has 28 heavy (non-hydrogen) atoms. The van der Waals surface area contributed by atoms with E-state index in [0.29, 0.717) is 5.41 Å². The first-order valence-electron chi connectivity index (χ1n) is 12.6. The molecule has 2 heteroatoms. The Kier molecular flexibility index (Phi) is 5.95. The molecule has 0 aromatic rings. The van der Waals surface area contributed by atoms with Crippen molar-refractivity contribution in [2.45, 2.75) is 116 Å². The molecule has 4 aliphatic carbocycles. The van der Waals surface area contributed by atoms with Crippen LogP contribution < -0.4 is 0 Å². The Labute approximate surface area is 173 Å². The fraction of sp³-hybridized carbons (Fsp3) is 1.00. The molecule has 0 aliphatic heterocycles. The predicted octanol–water partition coefficient (Wildman–Crippen LogP) is 6.19. The SMILES string of the molecule is C[C@H](CCC[C@@H](C)O)[C@H]1CC[C@H]2[C@@H]3CC[C@@H]4C[C@@](C)(O)CC[C@@H]4[C@H]3CC[C@]12C. The van der Waals surface area contributed by atoms with Gasteiger partial charge in [-0.3, -0.25) is 0 Å². The second-order valence-corrected chi connectivity index (χ2v) is 12.2. The van der Waals surface area contributed by atoms with Gasteiger partial charge < -0.3 is 10.2 Å². The Balaban J connectivity index is 1.42. The molecular formula is C26H46O2. The lowest BCUT2D eigenvalue weighted by Gasteiger charge is -2.57. The molecule has 2 N–H and O–H groups in total. The van der Waals surface area contributed by atoms with Gasteiger partial charge in [-0.15, -0.1) is 0 Å². The largest absolute Gasteiger partial charge is 0.393 e. The Morgan fingerprint density at radius 1 is 0.857 bits per heavy atom. The van der Waals surface area contributed by atoms with Gasteiger partial charge in [0.2, 0.25) is 0 Å². The number of hydrogen-bond acceptors (Lipinski definition) is 2. The van der Waals surface area contributed by atoms with Crippen molar-refractivity contribution in [2.24, 2.45) is 46.8 Å². The maximum Gasteiger partial charge on any atom is 0.0622 e. The monoisotopic (exact) mass is 390 g/mol. The smallest absolute Gasteiger partial charge is 0.0622 e. The quantitative estimate of drug-likeness (QED) is 0.587. The lowest BCUT2D eigenvalue weighted by molar-refractivity contribution is -0.103. The summed E-state index contributed by atoms with van der Waals surface area (Å²) in [5.74, 6) is 6.30. The molecular weight excluding hydrogens is 344 g/mol. The average molecular weight is 391 g/mol. The highest BCUT2D eigenvalue weighted by atomic mass is 16.3. The van der Waals surface area contributed by atoms with Crippen LogP contribution in [0.1, 0.15) is 105 Å². The standard InChI is InChI=1S/C26H46O2/c1-17(6-5-7-18(2)27)23-10-11-24-22-9-8-19-16-25(3,28)14-12-20(19)21(22)13-15-26(23,24)4/h17-24,27-28H,5-16H2,1-4H3/t17-,18-,19-,20+,21-,22-,23-,24+,25+,26-/m1/s1. The molecule has 0 amide bonds. The van der Waals surface area contributed by atoms with Crippen molar-refractivity contribution in [2.75, 3.05) is 0 Å². The topological polar surface area (TPSA) is 40.5 Å².